The van der Waals surface area contributed by atoms with Crippen molar-refractivity contribution in [1.82, 2.24) is 0 Å². The lowest BCUT2D eigenvalue weighted by Gasteiger charge is -2.29. The maximum atomic E-state index is 10.6. The van der Waals surface area contributed by atoms with E-state index in [1.54, 1.807) is 24.3 Å². The molecule has 0 aliphatic heterocycles. The normalized spacial score (nSPS) is 23.0. The Morgan fingerprint density at radius 1 is 1.21 bits per heavy atom. The monoisotopic (exact) mass is 262 g/mol. The first-order chi connectivity index (χ1) is 9.19. The van der Waals surface area contributed by atoms with Crippen LogP contribution in [0.1, 0.15) is 45.4 Å². The van der Waals surface area contributed by atoms with E-state index in [1.165, 1.54) is 38.5 Å². The third-order valence-corrected chi connectivity index (χ3v) is 3.99. The minimum atomic E-state index is -0.361. The average Bonchev–Trinajstić information content (AvgIpc) is 2.42. The molecule has 1 saturated carbocycles. The van der Waals surface area contributed by atoms with Gasteiger partial charge < -0.3 is 5.32 Å². The number of benzene rings is 1. The lowest BCUT2D eigenvalue weighted by atomic mass is 9.83. The predicted octanol–water partition coefficient (Wildman–Crippen LogP) is 4.37. The van der Waals surface area contributed by atoms with Crippen LogP contribution in [-0.4, -0.2) is 11.0 Å². The number of nitrogens with zero attached hydrogens (tertiary/aromatic N) is 1. The summed E-state index contributed by atoms with van der Waals surface area (Å²) in [5.41, 5.74) is 1.14. The molecule has 1 fully saturated rings. The van der Waals surface area contributed by atoms with Crippen molar-refractivity contribution in [2.75, 3.05) is 5.32 Å². The van der Waals surface area contributed by atoms with Crippen LogP contribution in [0.5, 0.6) is 0 Å². The van der Waals surface area contributed by atoms with Gasteiger partial charge in [0.2, 0.25) is 0 Å². The van der Waals surface area contributed by atoms with Crippen LogP contribution < -0.4 is 5.32 Å². The van der Waals surface area contributed by atoms with Crippen molar-refractivity contribution in [3.8, 4) is 0 Å². The lowest BCUT2D eigenvalue weighted by Crippen LogP contribution is -2.26. The van der Waals surface area contributed by atoms with E-state index in [0.29, 0.717) is 6.04 Å². The molecule has 1 N–H and O–H groups in total. The summed E-state index contributed by atoms with van der Waals surface area (Å²) in [5, 5.41) is 14.1. The molecule has 4 nitrogen and oxygen atoms in total. The number of nitro groups is 1. The molecule has 19 heavy (non-hydrogen) atoms. The summed E-state index contributed by atoms with van der Waals surface area (Å²) in [6, 6.07) is 7.25. The topological polar surface area (TPSA) is 55.2 Å². The molecular weight excluding hydrogens is 240 g/mol. The quantitative estimate of drug-likeness (QED) is 0.633. The van der Waals surface area contributed by atoms with E-state index in [4.69, 9.17) is 0 Å². The van der Waals surface area contributed by atoms with Gasteiger partial charge in [-0.05, 0) is 43.7 Å². The molecular formula is C15H22N2O2. The number of hydrogen-bond donors (Lipinski definition) is 1. The van der Waals surface area contributed by atoms with Crippen molar-refractivity contribution >= 4 is 11.4 Å². The maximum Gasteiger partial charge on any atom is 0.269 e. The fourth-order valence-corrected chi connectivity index (χ4v) is 2.92. The van der Waals surface area contributed by atoms with Crippen LogP contribution in [0, 0.1) is 16.0 Å². The highest BCUT2D eigenvalue weighted by Crippen LogP contribution is 2.29. The molecule has 104 valence electrons. The van der Waals surface area contributed by atoms with Crippen molar-refractivity contribution in [3.63, 3.8) is 0 Å². The van der Waals surface area contributed by atoms with E-state index >= 15 is 0 Å². The zero-order valence-corrected chi connectivity index (χ0v) is 11.5. The van der Waals surface area contributed by atoms with E-state index in [2.05, 4.69) is 12.2 Å². The number of hydrogen-bond acceptors (Lipinski definition) is 3. The van der Waals surface area contributed by atoms with Crippen LogP contribution in [0.25, 0.3) is 0 Å². The highest BCUT2D eigenvalue weighted by atomic mass is 16.6. The number of nitro benzene ring substituents is 1. The summed E-state index contributed by atoms with van der Waals surface area (Å²) in [7, 11) is 0. The minimum absolute atomic E-state index is 0.150. The second-order valence-electron chi connectivity index (χ2n) is 5.45. The van der Waals surface area contributed by atoms with Crippen molar-refractivity contribution in [2.45, 2.75) is 51.5 Å². The van der Waals surface area contributed by atoms with Gasteiger partial charge in [0.15, 0.2) is 0 Å². The fourth-order valence-electron chi connectivity index (χ4n) is 2.92. The molecule has 0 aromatic heterocycles. The molecule has 0 heterocycles. The van der Waals surface area contributed by atoms with Gasteiger partial charge in [-0.25, -0.2) is 0 Å². The highest BCUT2D eigenvalue weighted by Gasteiger charge is 2.20. The molecule has 0 atom stereocenters. The first-order valence-corrected chi connectivity index (χ1v) is 7.20. The van der Waals surface area contributed by atoms with Crippen molar-refractivity contribution in [1.29, 1.82) is 0 Å². The van der Waals surface area contributed by atoms with Crippen LogP contribution >= 0.6 is 0 Å². The summed E-state index contributed by atoms with van der Waals surface area (Å²) < 4.78 is 0. The molecule has 0 bridgehead atoms. The van der Waals surface area contributed by atoms with Crippen molar-refractivity contribution in [2.24, 2.45) is 5.92 Å². The summed E-state index contributed by atoms with van der Waals surface area (Å²) in [4.78, 5) is 10.2. The zero-order chi connectivity index (χ0) is 13.7. The van der Waals surface area contributed by atoms with E-state index in [-0.39, 0.29) is 10.6 Å². The summed E-state index contributed by atoms with van der Waals surface area (Å²) in [5.74, 6) is 0.903. The van der Waals surface area contributed by atoms with Gasteiger partial charge in [-0.2, -0.15) is 0 Å². The van der Waals surface area contributed by atoms with Crippen LogP contribution in [0.3, 0.4) is 0 Å². The van der Waals surface area contributed by atoms with E-state index in [9.17, 15) is 10.1 Å². The lowest BCUT2D eigenvalue weighted by molar-refractivity contribution is -0.384. The third kappa shape index (κ3) is 3.94. The Hall–Kier alpha value is -1.58. The standard InChI is InChI=1S/C15H22N2O2/c1-2-3-12-4-6-13(7-5-12)16-14-8-10-15(11-9-14)17(18)19/h8-13,16H,2-7H2,1H3. The van der Waals surface area contributed by atoms with Crippen molar-refractivity contribution in [3.05, 3.63) is 34.4 Å². The first kappa shape index (κ1) is 13.8. The highest BCUT2D eigenvalue weighted by molar-refractivity contribution is 5.49. The predicted molar refractivity (Wildman–Crippen MR) is 77.4 cm³/mol. The molecule has 1 aliphatic carbocycles. The fraction of sp³-hybridized carbons (Fsp3) is 0.600. The minimum Gasteiger partial charge on any atom is -0.382 e. The molecule has 2 rings (SSSR count). The Labute approximate surface area is 114 Å². The van der Waals surface area contributed by atoms with Crippen molar-refractivity contribution < 1.29 is 4.92 Å². The second-order valence-corrected chi connectivity index (χ2v) is 5.45. The maximum absolute atomic E-state index is 10.6. The summed E-state index contributed by atoms with van der Waals surface area (Å²) >= 11 is 0. The largest absolute Gasteiger partial charge is 0.382 e. The molecule has 4 heteroatoms. The van der Waals surface area contributed by atoms with E-state index < -0.39 is 0 Å². The summed E-state index contributed by atoms with van der Waals surface area (Å²) in [6.07, 6.45) is 7.66. The van der Waals surface area contributed by atoms with Gasteiger partial charge in [0.05, 0.1) is 4.92 Å². The first-order valence-electron chi connectivity index (χ1n) is 7.20. The molecule has 0 unspecified atom stereocenters. The van der Waals surface area contributed by atoms with Crippen LogP contribution in [0.15, 0.2) is 24.3 Å². The van der Waals surface area contributed by atoms with Gasteiger partial charge in [-0.1, -0.05) is 19.8 Å². The van der Waals surface area contributed by atoms with Gasteiger partial charge in [0, 0.05) is 23.9 Å². The Kier molecular flexibility index (Phi) is 4.77. The Morgan fingerprint density at radius 3 is 2.37 bits per heavy atom. The van der Waals surface area contributed by atoms with Crippen LogP contribution in [-0.2, 0) is 0 Å². The average molecular weight is 262 g/mol. The molecule has 0 amide bonds. The smallest absolute Gasteiger partial charge is 0.269 e. The molecule has 1 aromatic rings. The van der Waals surface area contributed by atoms with Gasteiger partial charge in [0.1, 0.15) is 0 Å². The van der Waals surface area contributed by atoms with Gasteiger partial charge in [-0.3, -0.25) is 10.1 Å². The van der Waals surface area contributed by atoms with Crippen LogP contribution in [0.2, 0.25) is 0 Å². The SMILES string of the molecule is CCCC1CCC(Nc2ccc([N+](=O)[O-])cc2)CC1. The zero-order valence-electron chi connectivity index (χ0n) is 11.5. The van der Waals surface area contributed by atoms with E-state index in [0.717, 1.165) is 11.6 Å². The van der Waals surface area contributed by atoms with Gasteiger partial charge in [-0.15, -0.1) is 0 Å². The molecule has 0 saturated heterocycles. The number of anilines is 1. The van der Waals surface area contributed by atoms with Gasteiger partial charge >= 0.3 is 0 Å². The Bertz CT molecular complexity index is 409. The molecule has 0 spiro atoms. The number of non-ortho nitro benzene ring substituents is 1. The van der Waals surface area contributed by atoms with Gasteiger partial charge in [0.25, 0.3) is 5.69 Å². The Balaban J connectivity index is 1.83. The van der Waals surface area contributed by atoms with Crippen LogP contribution in [0.4, 0.5) is 11.4 Å². The number of nitrogens with one attached hydrogen (secondary N) is 1. The summed E-state index contributed by atoms with van der Waals surface area (Å²) in [6.45, 7) is 2.25. The second kappa shape index (κ2) is 6.55. The molecule has 0 radical (unpaired) electrons. The number of rotatable bonds is 5. The molecule has 1 aromatic carbocycles. The molecule has 1 aliphatic rings. The third-order valence-electron chi connectivity index (χ3n) is 3.99. The van der Waals surface area contributed by atoms with E-state index in [1.807, 2.05) is 0 Å². The Morgan fingerprint density at radius 2 is 1.84 bits per heavy atom.